The van der Waals surface area contributed by atoms with E-state index in [0.29, 0.717) is 0 Å². The first-order valence-corrected chi connectivity index (χ1v) is 5.82. The summed E-state index contributed by atoms with van der Waals surface area (Å²) in [4.78, 5) is 0. The van der Waals surface area contributed by atoms with Crippen LogP contribution in [0.5, 0.6) is 0 Å². The van der Waals surface area contributed by atoms with Crippen LogP contribution in [-0.2, 0) is 7.05 Å². The lowest BCUT2D eigenvalue weighted by molar-refractivity contribution is 0.756. The number of nitrogens with two attached hydrogens (primary N) is 1. The molecule has 0 saturated heterocycles. The van der Waals surface area contributed by atoms with Crippen molar-refractivity contribution >= 4 is 0 Å². The summed E-state index contributed by atoms with van der Waals surface area (Å²) in [6, 6.07) is 6.28. The summed E-state index contributed by atoms with van der Waals surface area (Å²) < 4.78 is 1.81. The smallest absolute Gasteiger partial charge is 0.0644 e. The van der Waals surface area contributed by atoms with Gasteiger partial charge in [0, 0.05) is 18.8 Å². The lowest BCUT2D eigenvalue weighted by Crippen LogP contribution is -2.12. The molecule has 0 amide bonds. The molecule has 0 saturated carbocycles. The average Bonchev–Trinajstić information content (AvgIpc) is 2.61. The number of nitrogens with zero attached hydrogens (tertiary/aromatic N) is 2. The summed E-state index contributed by atoms with van der Waals surface area (Å²) in [5.74, 6) is 0. The van der Waals surface area contributed by atoms with Crippen LogP contribution in [0.4, 0.5) is 0 Å². The molecule has 1 atom stereocenters. The third-order valence-electron chi connectivity index (χ3n) is 3.28. The molecule has 90 valence electrons. The SMILES string of the molecule is Cc1ccc(C(N)c2cn(C)nc2C)cc1C. The van der Waals surface area contributed by atoms with E-state index in [-0.39, 0.29) is 6.04 Å². The van der Waals surface area contributed by atoms with Crippen LogP contribution >= 0.6 is 0 Å². The van der Waals surface area contributed by atoms with Gasteiger partial charge in [-0.1, -0.05) is 18.2 Å². The van der Waals surface area contributed by atoms with Crippen molar-refractivity contribution in [1.82, 2.24) is 9.78 Å². The molecule has 0 aliphatic rings. The minimum atomic E-state index is -0.0944. The van der Waals surface area contributed by atoms with Crippen molar-refractivity contribution in [3.63, 3.8) is 0 Å². The Morgan fingerprint density at radius 2 is 1.88 bits per heavy atom. The van der Waals surface area contributed by atoms with Gasteiger partial charge in [0.2, 0.25) is 0 Å². The second kappa shape index (κ2) is 4.34. The summed E-state index contributed by atoms with van der Waals surface area (Å²) in [5, 5.41) is 4.33. The van der Waals surface area contributed by atoms with Crippen LogP contribution in [0.25, 0.3) is 0 Å². The van der Waals surface area contributed by atoms with E-state index >= 15 is 0 Å². The Kier molecular flexibility index (Phi) is 3.03. The quantitative estimate of drug-likeness (QED) is 0.859. The zero-order valence-electron chi connectivity index (χ0n) is 10.9. The topological polar surface area (TPSA) is 43.8 Å². The van der Waals surface area contributed by atoms with Crippen molar-refractivity contribution in [2.24, 2.45) is 12.8 Å². The van der Waals surface area contributed by atoms with Crippen LogP contribution in [0.2, 0.25) is 0 Å². The number of aromatic nitrogens is 2. The van der Waals surface area contributed by atoms with Gasteiger partial charge in [-0.15, -0.1) is 0 Å². The fourth-order valence-corrected chi connectivity index (χ4v) is 2.06. The summed E-state index contributed by atoms with van der Waals surface area (Å²) in [6.45, 7) is 6.22. The Morgan fingerprint density at radius 1 is 1.18 bits per heavy atom. The lowest BCUT2D eigenvalue weighted by Gasteiger charge is -2.13. The number of hydrogen-bond donors (Lipinski definition) is 1. The molecule has 0 aliphatic heterocycles. The third kappa shape index (κ3) is 2.24. The van der Waals surface area contributed by atoms with E-state index in [1.54, 1.807) is 0 Å². The lowest BCUT2D eigenvalue weighted by atomic mass is 9.97. The number of rotatable bonds is 2. The van der Waals surface area contributed by atoms with Gasteiger partial charge < -0.3 is 5.73 Å². The molecule has 0 spiro atoms. The average molecular weight is 229 g/mol. The number of aryl methyl sites for hydroxylation is 4. The van der Waals surface area contributed by atoms with Gasteiger partial charge in [-0.3, -0.25) is 4.68 Å². The summed E-state index contributed by atoms with van der Waals surface area (Å²) in [5.41, 5.74) is 12.1. The van der Waals surface area contributed by atoms with Crippen LogP contribution in [0, 0.1) is 20.8 Å². The molecule has 1 heterocycles. The van der Waals surface area contributed by atoms with E-state index in [1.165, 1.54) is 11.1 Å². The van der Waals surface area contributed by atoms with Crippen molar-refractivity contribution in [3.8, 4) is 0 Å². The van der Waals surface area contributed by atoms with E-state index in [4.69, 9.17) is 5.73 Å². The predicted molar refractivity (Wildman–Crippen MR) is 69.9 cm³/mol. The van der Waals surface area contributed by atoms with Gasteiger partial charge in [0.1, 0.15) is 0 Å². The highest BCUT2D eigenvalue weighted by molar-refractivity contribution is 5.37. The van der Waals surface area contributed by atoms with Crippen molar-refractivity contribution < 1.29 is 0 Å². The standard InChI is InChI=1S/C14H19N3/c1-9-5-6-12(7-10(9)2)14(15)13-8-17(4)16-11(13)3/h5-8,14H,15H2,1-4H3. The van der Waals surface area contributed by atoms with Crippen molar-refractivity contribution in [2.45, 2.75) is 26.8 Å². The maximum Gasteiger partial charge on any atom is 0.0644 e. The Bertz CT molecular complexity index is 540. The second-order valence-corrected chi connectivity index (χ2v) is 4.66. The van der Waals surface area contributed by atoms with Crippen LogP contribution < -0.4 is 5.73 Å². The van der Waals surface area contributed by atoms with Crippen LogP contribution in [-0.4, -0.2) is 9.78 Å². The van der Waals surface area contributed by atoms with E-state index in [0.717, 1.165) is 16.8 Å². The number of hydrogen-bond acceptors (Lipinski definition) is 2. The summed E-state index contributed by atoms with van der Waals surface area (Å²) in [6.07, 6.45) is 2.00. The minimum absolute atomic E-state index is 0.0944. The summed E-state index contributed by atoms with van der Waals surface area (Å²) in [7, 11) is 1.92. The van der Waals surface area contributed by atoms with Crippen molar-refractivity contribution in [1.29, 1.82) is 0 Å². The molecule has 2 aromatic rings. The van der Waals surface area contributed by atoms with Gasteiger partial charge in [-0.05, 0) is 37.5 Å². The van der Waals surface area contributed by atoms with Gasteiger partial charge in [0.15, 0.2) is 0 Å². The normalized spacial score (nSPS) is 12.8. The number of benzene rings is 1. The molecule has 3 heteroatoms. The molecule has 1 aromatic heterocycles. The molecule has 17 heavy (non-hydrogen) atoms. The second-order valence-electron chi connectivity index (χ2n) is 4.66. The molecular weight excluding hydrogens is 210 g/mol. The molecular formula is C14H19N3. The Labute approximate surface area is 102 Å². The maximum atomic E-state index is 6.30. The van der Waals surface area contributed by atoms with Gasteiger partial charge in [0.05, 0.1) is 11.7 Å². The molecule has 3 nitrogen and oxygen atoms in total. The van der Waals surface area contributed by atoms with E-state index in [2.05, 4.69) is 37.1 Å². The summed E-state index contributed by atoms with van der Waals surface area (Å²) >= 11 is 0. The highest BCUT2D eigenvalue weighted by Crippen LogP contribution is 2.23. The van der Waals surface area contributed by atoms with Gasteiger partial charge in [-0.25, -0.2) is 0 Å². The predicted octanol–water partition coefficient (Wildman–Crippen LogP) is 2.39. The zero-order valence-corrected chi connectivity index (χ0v) is 10.9. The highest BCUT2D eigenvalue weighted by Gasteiger charge is 2.14. The molecule has 0 bridgehead atoms. The molecule has 2 N–H and O–H groups in total. The fourth-order valence-electron chi connectivity index (χ4n) is 2.06. The third-order valence-corrected chi connectivity index (χ3v) is 3.28. The van der Waals surface area contributed by atoms with Crippen LogP contribution in [0.3, 0.4) is 0 Å². The van der Waals surface area contributed by atoms with E-state index in [1.807, 2.05) is 24.9 Å². The zero-order chi connectivity index (χ0) is 12.6. The maximum absolute atomic E-state index is 6.30. The van der Waals surface area contributed by atoms with E-state index in [9.17, 15) is 0 Å². The van der Waals surface area contributed by atoms with Gasteiger partial charge in [0.25, 0.3) is 0 Å². The molecule has 2 rings (SSSR count). The van der Waals surface area contributed by atoms with Crippen LogP contribution in [0.1, 0.15) is 34.0 Å². The van der Waals surface area contributed by atoms with Crippen molar-refractivity contribution in [2.75, 3.05) is 0 Å². The minimum Gasteiger partial charge on any atom is -0.320 e. The Balaban J connectivity index is 2.40. The van der Waals surface area contributed by atoms with Crippen molar-refractivity contribution in [3.05, 3.63) is 52.3 Å². The first-order chi connectivity index (χ1) is 7.99. The monoisotopic (exact) mass is 229 g/mol. The van der Waals surface area contributed by atoms with Crippen LogP contribution in [0.15, 0.2) is 24.4 Å². The molecule has 0 aliphatic carbocycles. The Hall–Kier alpha value is -1.61. The fraction of sp³-hybridized carbons (Fsp3) is 0.357. The highest BCUT2D eigenvalue weighted by atomic mass is 15.2. The van der Waals surface area contributed by atoms with E-state index < -0.39 is 0 Å². The first kappa shape index (κ1) is 11.9. The van der Waals surface area contributed by atoms with Gasteiger partial charge >= 0.3 is 0 Å². The molecule has 0 radical (unpaired) electrons. The molecule has 1 unspecified atom stereocenters. The molecule has 1 aromatic carbocycles. The largest absolute Gasteiger partial charge is 0.320 e. The Morgan fingerprint density at radius 3 is 2.41 bits per heavy atom. The molecule has 0 fully saturated rings. The first-order valence-electron chi connectivity index (χ1n) is 5.82. The van der Waals surface area contributed by atoms with Gasteiger partial charge in [-0.2, -0.15) is 5.10 Å².